The van der Waals surface area contributed by atoms with Gasteiger partial charge in [0, 0.05) is 38.1 Å². The summed E-state index contributed by atoms with van der Waals surface area (Å²) in [7, 11) is 4.06. The molecule has 29 heavy (non-hydrogen) atoms. The minimum absolute atomic E-state index is 0.434. The minimum atomic E-state index is 0.434. The number of para-hydroxylation sites is 1. The third-order valence-corrected chi connectivity index (χ3v) is 5.78. The molecule has 0 bridgehead atoms. The van der Waals surface area contributed by atoms with Crippen LogP contribution in [-0.4, -0.2) is 36.1 Å². The SMILES string of the molecule is Cc1ccc(CN[C@H]2CC[C@@H](Nc3nc(N(C)C)c4ccccc4n3)CC2)cc1. The summed E-state index contributed by atoms with van der Waals surface area (Å²) in [4.78, 5) is 11.6. The largest absolute Gasteiger partial charge is 0.362 e. The van der Waals surface area contributed by atoms with Crippen molar-refractivity contribution in [3.05, 3.63) is 59.7 Å². The quantitative estimate of drug-likeness (QED) is 0.649. The van der Waals surface area contributed by atoms with E-state index >= 15 is 0 Å². The molecule has 1 aliphatic rings. The summed E-state index contributed by atoms with van der Waals surface area (Å²) in [6, 6.07) is 18.0. The van der Waals surface area contributed by atoms with E-state index in [0.29, 0.717) is 12.1 Å². The van der Waals surface area contributed by atoms with E-state index in [4.69, 9.17) is 9.97 Å². The van der Waals surface area contributed by atoms with E-state index in [1.165, 1.54) is 24.0 Å². The second-order valence-corrected chi connectivity index (χ2v) is 8.34. The predicted molar refractivity (Wildman–Crippen MR) is 122 cm³/mol. The molecule has 1 saturated carbocycles. The zero-order valence-corrected chi connectivity index (χ0v) is 17.7. The van der Waals surface area contributed by atoms with Crippen LogP contribution in [0.25, 0.3) is 10.9 Å². The highest BCUT2D eigenvalue weighted by Gasteiger charge is 2.22. The Hall–Kier alpha value is -2.66. The number of fused-ring (bicyclic) bond motifs is 1. The summed E-state index contributed by atoms with van der Waals surface area (Å²) in [6.45, 7) is 3.08. The van der Waals surface area contributed by atoms with Crippen LogP contribution in [0.2, 0.25) is 0 Å². The van der Waals surface area contributed by atoms with Crippen molar-refractivity contribution in [2.24, 2.45) is 0 Å². The van der Waals surface area contributed by atoms with Gasteiger partial charge in [-0.2, -0.15) is 4.98 Å². The Kier molecular flexibility index (Phi) is 5.95. The van der Waals surface area contributed by atoms with Crippen molar-refractivity contribution in [1.29, 1.82) is 0 Å². The molecule has 1 fully saturated rings. The van der Waals surface area contributed by atoms with Gasteiger partial charge in [0.2, 0.25) is 5.95 Å². The number of anilines is 2. The second kappa shape index (κ2) is 8.78. The summed E-state index contributed by atoms with van der Waals surface area (Å²) >= 11 is 0. The first-order valence-electron chi connectivity index (χ1n) is 10.6. The fourth-order valence-corrected chi connectivity index (χ4v) is 4.06. The van der Waals surface area contributed by atoms with Gasteiger partial charge in [-0.1, -0.05) is 42.0 Å². The maximum atomic E-state index is 4.78. The Labute approximate surface area is 173 Å². The zero-order valence-electron chi connectivity index (χ0n) is 17.7. The summed E-state index contributed by atoms with van der Waals surface area (Å²) in [5, 5.41) is 8.41. The molecule has 0 aliphatic heterocycles. The summed E-state index contributed by atoms with van der Waals surface area (Å²) in [6.07, 6.45) is 4.63. The first-order valence-corrected chi connectivity index (χ1v) is 10.6. The van der Waals surface area contributed by atoms with Gasteiger partial charge >= 0.3 is 0 Å². The highest BCUT2D eigenvalue weighted by Crippen LogP contribution is 2.26. The lowest BCUT2D eigenvalue weighted by molar-refractivity contribution is 0.352. The first-order chi connectivity index (χ1) is 14.1. The molecule has 2 N–H and O–H groups in total. The molecule has 2 aromatic carbocycles. The van der Waals surface area contributed by atoms with Gasteiger partial charge < -0.3 is 15.5 Å². The van der Waals surface area contributed by atoms with Crippen LogP contribution in [0.1, 0.15) is 36.8 Å². The van der Waals surface area contributed by atoms with Crippen LogP contribution in [0.4, 0.5) is 11.8 Å². The molecule has 5 heteroatoms. The third-order valence-electron chi connectivity index (χ3n) is 5.78. The molecular formula is C24H31N5. The van der Waals surface area contributed by atoms with Crippen molar-refractivity contribution in [1.82, 2.24) is 15.3 Å². The van der Waals surface area contributed by atoms with Crippen LogP contribution in [-0.2, 0) is 6.54 Å². The molecule has 0 atom stereocenters. The molecule has 1 heterocycles. The average Bonchev–Trinajstić information content (AvgIpc) is 2.74. The van der Waals surface area contributed by atoms with Crippen molar-refractivity contribution < 1.29 is 0 Å². The molecule has 0 saturated heterocycles. The maximum Gasteiger partial charge on any atom is 0.225 e. The number of nitrogens with zero attached hydrogens (tertiary/aromatic N) is 3. The normalized spacial score (nSPS) is 19.3. The number of aryl methyl sites for hydroxylation is 1. The van der Waals surface area contributed by atoms with E-state index < -0.39 is 0 Å². The monoisotopic (exact) mass is 389 g/mol. The molecule has 0 radical (unpaired) electrons. The Morgan fingerprint density at radius 1 is 0.897 bits per heavy atom. The number of rotatable bonds is 6. The molecule has 5 nitrogen and oxygen atoms in total. The molecule has 3 aromatic rings. The Bertz CT molecular complexity index is 943. The van der Waals surface area contributed by atoms with Crippen molar-refractivity contribution in [3.63, 3.8) is 0 Å². The minimum Gasteiger partial charge on any atom is -0.362 e. The topological polar surface area (TPSA) is 53.1 Å². The van der Waals surface area contributed by atoms with Crippen molar-refractivity contribution >= 4 is 22.7 Å². The van der Waals surface area contributed by atoms with Gasteiger partial charge in [0.05, 0.1) is 5.52 Å². The molecule has 0 amide bonds. The van der Waals surface area contributed by atoms with Crippen LogP contribution in [0, 0.1) is 6.92 Å². The van der Waals surface area contributed by atoms with Gasteiger partial charge in [0.25, 0.3) is 0 Å². The fourth-order valence-electron chi connectivity index (χ4n) is 4.06. The van der Waals surface area contributed by atoms with E-state index in [9.17, 15) is 0 Å². The van der Waals surface area contributed by atoms with Crippen LogP contribution < -0.4 is 15.5 Å². The third kappa shape index (κ3) is 4.85. The molecule has 152 valence electrons. The Morgan fingerprint density at radius 3 is 2.31 bits per heavy atom. The highest BCUT2D eigenvalue weighted by atomic mass is 15.2. The Morgan fingerprint density at radius 2 is 1.59 bits per heavy atom. The molecule has 1 aliphatic carbocycles. The van der Waals surface area contributed by atoms with Gasteiger partial charge in [-0.3, -0.25) is 0 Å². The van der Waals surface area contributed by atoms with Crippen LogP contribution in [0.3, 0.4) is 0 Å². The van der Waals surface area contributed by atoms with E-state index in [0.717, 1.165) is 42.1 Å². The van der Waals surface area contributed by atoms with E-state index in [2.05, 4.69) is 58.9 Å². The van der Waals surface area contributed by atoms with E-state index in [-0.39, 0.29) is 0 Å². The van der Waals surface area contributed by atoms with Gasteiger partial charge in [-0.05, 0) is 50.3 Å². The second-order valence-electron chi connectivity index (χ2n) is 8.34. The van der Waals surface area contributed by atoms with Crippen molar-refractivity contribution in [2.45, 2.75) is 51.2 Å². The molecule has 0 unspecified atom stereocenters. The molecule has 0 spiro atoms. The summed E-state index contributed by atoms with van der Waals surface area (Å²) in [5.74, 6) is 1.70. The molecule has 1 aromatic heterocycles. The lowest BCUT2D eigenvalue weighted by Gasteiger charge is -2.30. The number of aromatic nitrogens is 2. The zero-order chi connectivity index (χ0) is 20.2. The van der Waals surface area contributed by atoms with E-state index in [1.807, 2.05) is 26.2 Å². The highest BCUT2D eigenvalue weighted by molar-refractivity contribution is 5.90. The number of hydrogen-bond donors (Lipinski definition) is 2. The standard InChI is InChI=1S/C24H31N5/c1-17-8-10-18(11-9-17)16-25-19-12-14-20(15-13-19)26-24-27-22-7-5-4-6-21(22)23(28-24)29(2)3/h4-11,19-20,25H,12-16H2,1-3H3,(H,26,27,28)/t19-,20+. The van der Waals surface area contributed by atoms with Gasteiger partial charge in [-0.25, -0.2) is 4.98 Å². The fraction of sp³-hybridized carbons (Fsp3) is 0.417. The Balaban J connectivity index is 1.34. The van der Waals surface area contributed by atoms with Crippen LogP contribution >= 0.6 is 0 Å². The van der Waals surface area contributed by atoms with Crippen LogP contribution in [0.15, 0.2) is 48.5 Å². The number of hydrogen-bond acceptors (Lipinski definition) is 5. The number of nitrogens with one attached hydrogen (secondary N) is 2. The van der Waals surface area contributed by atoms with Gasteiger partial charge in [-0.15, -0.1) is 0 Å². The predicted octanol–water partition coefficient (Wildman–Crippen LogP) is 4.52. The summed E-state index contributed by atoms with van der Waals surface area (Å²) in [5.41, 5.74) is 3.66. The van der Waals surface area contributed by atoms with E-state index in [1.54, 1.807) is 0 Å². The maximum absolute atomic E-state index is 4.78. The number of benzene rings is 2. The van der Waals surface area contributed by atoms with Crippen molar-refractivity contribution in [3.8, 4) is 0 Å². The summed E-state index contributed by atoms with van der Waals surface area (Å²) < 4.78 is 0. The van der Waals surface area contributed by atoms with Crippen molar-refractivity contribution in [2.75, 3.05) is 24.3 Å². The first kappa shape index (κ1) is 19.6. The molecular weight excluding hydrogens is 358 g/mol. The lowest BCUT2D eigenvalue weighted by atomic mass is 9.91. The van der Waals surface area contributed by atoms with Crippen LogP contribution in [0.5, 0.6) is 0 Å². The van der Waals surface area contributed by atoms with Gasteiger partial charge in [0.15, 0.2) is 0 Å². The molecule has 4 rings (SSSR count). The smallest absolute Gasteiger partial charge is 0.225 e. The lowest BCUT2D eigenvalue weighted by Crippen LogP contribution is -2.37. The average molecular weight is 390 g/mol. The van der Waals surface area contributed by atoms with Gasteiger partial charge in [0.1, 0.15) is 5.82 Å².